The van der Waals surface area contributed by atoms with Gasteiger partial charge in [0.2, 0.25) is 0 Å². The zero-order chi connectivity index (χ0) is 12.6. The summed E-state index contributed by atoms with van der Waals surface area (Å²) in [5.41, 5.74) is 8.59. The minimum atomic E-state index is 0.281. The number of rotatable bonds is 2. The van der Waals surface area contributed by atoms with Gasteiger partial charge in [0.05, 0.1) is 34.0 Å². The number of nitrogens with two attached hydrogens (primary N) is 1. The topological polar surface area (TPSA) is 56.7 Å². The molecule has 0 amide bonds. The van der Waals surface area contributed by atoms with Gasteiger partial charge in [-0.25, -0.2) is 4.68 Å². The molecule has 0 radical (unpaired) electrons. The van der Waals surface area contributed by atoms with Gasteiger partial charge in [-0.05, 0) is 26.0 Å². The highest BCUT2D eigenvalue weighted by molar-refractivity contribution is 7.80. The fourth-order valence-corrected chi connectivity index (χ4v) is 1.77. The van der Waals surface area contributed by atoms with Crippen LogP contribution in [0.1, 0.15) is 17.1 Å². The number of nitrogens with zero attached hydrogens (tertiary/aromatic N) is 3. The molecule has 2 N–H and O–H groups in total. The first-order chi connectivity index (χ1) is 8.00. The molecule has 0 fully saturated rings. The number of pyridine rings is 1. The zero-order valence-corrected chi connectivity index (χ0v) is 11.0. The molecule has 2 heterocycles. The molecular weight excluding hydrogens is 256 g/mol. The molecule has 88 valence electrons. The summed E-state index contributed by atoms with van der Waals surface area (Å²) in [5.74, 6) is 0. The highest BCUT2D eigenvalue weighted by Gasteiger charge is 2.10. The van der Waals surface area contributed by atoms with Gasteiger partial charge in [-0.2, -0.15) is 5.10 Å². The van der Waals surface area contributed by atoms with Crippen LogP contribution in [0.4, 0.5) is 0 Å². The van der Waals surface area contributed by atoms with Crippen molar-refractivity contribution in [2.24, 2.45) is 5.73 Å². The summed E-state index contributed by atoms with van der Waals surface area (Å²) in [7, 11) is 0. The number of aromatic nitrogens is 3. The second kappa shape index (κ2) is 4.43. The van der Waals surface area contributed by atoms with Crippen LogP contribution < -0.4 is 5.73 Å². The van der Waals surface area contributed by atoms with Crippen molar-refractivity contribution in [1.29, 1.82) is 0 Å². The zero-order valence-electron chi connectivity index (χ0n) is 9.44. The second-order valence-electron chi connectivity index (χ2n) is 3.66. The standard InChI is InChI=1S/C11H11ClN4S/c1-6-10(12)7(2)16(15-6)8-3-4-9(11(13)17)14-5-8/h3-5H,1-2H3,(H2,13,17). The van der Waals surface area contributed by atoms with Crippen LogP contribution in [-0.4, -0.2) is 19.8 Å². The van der Waals surface area contributed by atoms with Gasteiger partial charge < -0.3 is 5.73 Å². The predicted octanol–water partition coefficient (Wildman–Crippen LogP) is 2.17. The van der Waals surface area contributed by atoms with Gasteiger partial charge in [0.25, 0.3) is 0 Å². The van der Waals surface area contributed by atoms with E-state index in [2.05, 4.69) is 10.1 Å². The van der Waals surface area contributed by atoms with E-state index in [1.165, 1.54) is 0 Å². The van der Waals surface area contributed by atoms with Crippen molar-refractivity contribution in [2.75, 3.05) is 0 Å². The Bertz CT molecular complexity index is 574. The lowest BCUT2D eigenvalue weighted by Gasteiger charge is -2.04. The molecule has 6 heteroatoms. The summed E-state index contributed by atoms with van der Waals surface area (Å²) < 4.78 is 1.74. The van der Waals surface area contributed by atoms with Crippen LogP contribution in [0.2, 0.25) is 5.02 Å². The summed E-state index contributed by atoms with van der Waals surface area (Å²) >= 11 is 10.9. The Hall–Kier alpha value is -1.46. The van der Waals surface area contributed by atoms with Crippen molar-refractivity contribution in [1.82, 2.24) is 14.8 Å². The molecule has 0 bridgehead atoms. The van der Waals surface area contributed by atoms with E-state index in [1.54, 1.807) is 16.9 Å². The molecule has 4 nitrogen and oxygen atoms in total. The highest BCUT2D eigenvalue weighted by Crippen LogP contribution is 2.21. The molecule has 0 unspecified atom stereocenters. The van der Waals surface area contributed by atoms with Crippen LogP contribution in [0.25, 0.3) is 5.69 Å². The van der Waals surface area contributed by atoms with Crippen molar-refractivity contribution in [3.63, 3.8) is 0 Å². The molecule has 0 spiro atoms. The van der Waals surface area contributed by atoms with Crippen molar-refractivity contribution >= 4 is 28.8 Å². The maximum Gasteiger partial charge on any atom is 0.122 e. The van der Waals surface area contributed by atoms with E-state index < -0.39 is 0 Å². The summed E-state index contributed by atoms with van der Waals surface area (Å²) in [6.45, 7) is 3.77. The van der Waals surface area contributed by atoms with Crippen molar-refractivity contribution in [3.8, 4) is 5.69 Å². The number of halogens is 1. The minimum Gasteiger partial charge on any atom is -0.388 e. The number of hydrogen-bond acceptors (Lipinski definition) is 3. The Balaban J connectivity index is 2.47. The number of thiocarbonyl (C=S) groups is 1. The molecule has 0 aromatic carbocycles. The Morgan fingerprint density at radius 3 is 2.53 bits per heavy atom. The maximum absolute atomic E-state index is 6.09. The quantitative estimate of drug-likeness (QED) is 0.847. The predicted molar refractivity (Wildman–Crippen MR) is 71.7 cm³/mol. The highest BCUT2D eigenvalue weighted by atomic mass is 35.5. The first-order valence-electron chi connectivity index (χ1n) is 4.98. The fraction of sp³-hybridized carbons (Fsp3) is 0.182. The third-order valence-electron chi connectivity index (χ3n) is 2.45. The molecule has 2 aromatic heterocycles. The molecule has 0 atom stereocenters. The molecule has 0 aliphatic rings. The van der Waals surface area contributed by atoms with Crippen molar-refractivity contribution in [3.05, 3.63) is 40.4 Å². The monoisotopic (exact) mass is 266 g/mol. The third kappa shape index (κ3) is 2.16. The largest absolute Gasteiger partial charge is 0.388 e. The maximum atomic E-state index is 6.09. The van der Waals surface area contributed by atoms with E-state index in [9.17, 15) is 0 Å². The van der Waals surface area contributed by atoms with E-state index in [1.807, 2.05) is 19.9 Å². The summed E-state index contributed by atoms with van der Waals surface area (Å²) in [6, 6.07) is 3.62. The first kappa shape index (κ1) is 12.0. The average Bonchev–Trinajstić information content (AvgIpc) is 2.57. The fourth-order valence-electron chi connectivity index (χ4n) is 1.53. The minimum absolute atomic E-state index is 0.281. The smallest absolute Gasteiger partial charge is 0.122 e. The molecule has 0 saturated carbocycles. The third-order valence-corrected chi connectivity index (χ3v) is 3.20. The lowest BCUT2D eigenvalue weighted by molar-refractivity contribution is 0.828. The summed E-state index contributed by atoms with van der Waals surface area (Å²) in [5, 5.41) is 5.00. The lowest BCUT2D eigenvalue weighted by Crippen LogP contribution is -2.11. The molecule has 17 heavy (non-hydrogen) atoms. The molecule has 2 rings (SSSR count). The first-order valence-corrected chi connectivity index (χ1v) is 5.77. The van der Waals surface area contributed by atoms with Crippen LogP contribution in [-0.2, 0) is 0 Å². The van der Waals surface area contributed by atoms with Gasteiger partial charge in [-0.15, -0.1) is 0 Å². The van der Waals surface area contributed by atoms with Crippen LogP contribution in [0.3, 0.4) is 0 Å². The lowest BCUT2D eigenvalue weighted by atomic mass is 10.3. The van der Waals surface area contributed by atoms with Gasteiger partial charge in [-0.3, -0.25) is 4.98 Å². The number of aryl methyl sites for hydroxylation is 1. The van der Waals surface area contributed by atoms with Crippen molar-refractivity contribution in [2.45, 2.75) is 13.8 Å². The van der Waals surface area contributed by atoms with E-state index in [-0.39, 0.29) is 4.99 Å². The van der Waals surface area contributed by atoms with Crippen LogP contribution in [0, 0.1) is 13.8 Å². The van der Waals surface area contributed by atoms with E-state index in [0.717, 1.165) is 17.1 Å². The van der Waals surface area contributed by atoms with Crippen molar-refractivity contribution < 1.29 is 0 Å². The molecule has 0 aliphatic carbocycles. The Morgan fingerprint density at radius 1 is 1.41 bits per heavy atom. The summed E-state index contributed by atoms with van der Waals surface area (Å²) in [4.78, 5) is 4.45. The molecular formula is C11H11ClN4S. The van der Waals surface area contributed by atoms with Gasteiger partial charge in [-0.1, -0.05) is 23.8 Å². The normalized spacial score (nSPS) is 10.5. The molecule has 0 saturated heterocycles. The van der Waals surface area contributed by atoms with Gasteiger partial charge >= 0.3 is 0 Å². The Kier molecular flexibility index (Phi) is 3.13. The van der Waals surface area contributed by atoms with E-state index in [0.29, 0.717) is 10.7 Å². The van der Waals surface area contributed by atoms with Gasteiger partial charge in [0.15, 0.2) is 0 Å². The SMILES string of the molecule is Cc1nn(-c2ccc(C(N)=S)nc2)c(C)c1Cl. The Labute approximate surface area is 109 Å². The summed E-state index contributed by atoms with van der Waals surface area (Å²) in [6.07, 6.45) is 1.67. The van der Waals surface area contributed by atoms with Gasteiger partial charge in [0.1, 0.15) is 4.99 Å². The van der Waals surface area contributed by atoms with Crippen LogP contribution in [0.5, 0.6) is 0 Å². The van der Waals surface area contributed by atoms with E-state index in [4.69, 9.17) is 29.6 Å². The molecule has 0 aliphatic heterocycles. The average molecular weight is 267 g/mol. The van der Waals surface area contributed by atoms with Crippen LogP contribution >= 0.6 is 23.8 Å². The van der Waals surface area contributed by atoms with E-state index >= 15 is 0 Å². The Morgan fingerprint density at radius 2 is 2.12 bits per heavy atom. The van der Waals surface area contributed by atoms with Gasteiger partial charge in [0, 0.05) is 0 Å². The van der Waals surface area contributed by atoms with Crippen LogP contribution in [0.15, 0.2) is 18.3 Å². The number of hydrogen-bond donors (Lipinski definition) is 1. The second-order valence-corrected chi connectivity index (χ2v) is 4.48. The molecule has 2 aromatic rings.